The van der Waals surface area contributed by atoms with Crippen LogP contribution in [-0.2, 0) is 19.7 Å². The molecule has 134 valence electrons. The van der Waals surface area contributed by atoms with E-state index in [0.29, 0.717) is 17.8 Å². The van der Waals surface area contributed by atoms with Crippen LogP contribution in [0, 0.1) is 0 Å². The van der Waals surface area contributed by atoms with Crippen LogP contribution in [0.15, 0.2) is 29.1 Å². The molecule has 0 aliphatic heterocycles. The van der Waals surface area contributed by atoms with Gasteiger partial charge in [0, 0.05) is 23.6 Å². The molecule has 0 aliphatic rings. The van der Waals surface area contributed by atoms with Crippen LogP contribution in [0.5, 0.6) is 0 Å². The van der Waals surface area contributed by atoms with Gasteiger partial charge in [-0.25, -0.2) is 0 Å². The highest BCUT2D eigenvalue weighted by Gasteiger charge is 2.18. The quantitative estimate of drug-likeness (QED) is 0.816. The van der Waals surface area contributed by atoms with Crippen LogP contribution in [0.3, 0.4) is 0 Å². The fourth-order valence-electron chi connectivity index (χ4n) is 2.63. The summed E-state index contributed by atoms with van der Waals surface area (Å²) < 4.78 is 4.80. The van der Waals surface area contributed by atoms with Crippen molar-refractivity contribution in [1.29, 1.82) is 0 Å². The fourth-order valence-corrected chi connectivity index (χ4v) is 2.63. The van der Waals surface area contributed by atoms with Gasteiger partial charge >= 0.3 is 5.97 Å². The Morgan fingerprint density at radius 1 is 1.16 bits per heavy atom. The lowest BCUT2D eigenvalue weighted by Crippen LogP contribution is -2.18. The lowest BCUT2D eigenvalue weighted by atomic mass is 9.85. The zero-order valence-corrected chi connectivity index (χ0v) is 15.1. The van der Waals surface area contributed by atoms with Gasteiger partial charge in [-0.1, -0.05) is 26.8 Å². The molecule has 6 heteroatoms. The normalized spacial score (nSPS) is 11.4. The summed E-state index contributed by atoms with van der Waals surface area (Å²) in [6.45, 7) is 8.17. The number of esters is 1. The average molecular weight is 344 g/mol. The average Bonchev–Trinajstić information content (AvgIpc) is 2.51. The smallest absolute Gasteiger partial charge is 0.306 e. The molecule has 1 aromatic carbocycles. The minimum absolute atomic E-state index is 0.0399. The number of aromatic amines is 1. The van der Waals surface area contributed by atoms with Crippen molar-refractivity contribution >= 4 is 28.5 Å². The van der Waals surface area contributed by atoms with Gasteiger partial charge in [-0.3, -0.25) is 14.4 Å². The first-order valence-corrected chi connectivity index (χ1v) is 8.33. The summed E-state index contributed by atoms with van der Waals surface area (Å²) in [5.41, 5.74) is 1.84. The minimum Gasteiger partial charge on any atom is -0.466 e. The predicted octanol–water partition coefficient (Wildman–Crippen LogP) is 3.11. The highest BCUT2D eigenvalue weighted by Crippen LogP contribution is 2.29. The maximum Gasteiger partial charge on any atom is 0.306 e. The van der Waals surface area contributed by atoms with Crippen LogP contribution in [0.4, 0.5) is 5.69 Å². The molecule has 6 nitrogen and oxygen atoms in total. The zero-order chi connectivity index (χ0) is 18.6. The molecule has 0 saturated carbocycles. The molecule has 0 unspecified atom stereocenters. The number of hydrogen-bond acceptors (Lipinski definition) is 4. The number of carbonyl (C=O) groups is 2. The SMILES string of the molecule is CCOC(=O)CCC(=O)Nc1ccc2c(C(C)(C)C)cc(=O)[nH]c2c1. The van der Waals surface area contributed by atoms with Gasteiger partial charge in [0.2, 0.25) is 11.5 Å². The van der Waals surface area contributed by atoms with Gasteiger partial charge in [0.1, 0.15) is 0 Å². The second-order valence-corrected chi connectivity index (χ2v) is 6.91. The second-order valence-electron chi connectivity index (χ2n) is 6.91. The number of pyridine rings is 1. The van der Waals surface area contributed by atoms with Crippen LogP contribution in [0.25, 0.3) is 10.9 Å². The molecule has 0 fully saturated rings. The van der Waals surface area contributed by atoms with Gasteiger partial charge in [-0.05, 0) is 30.0 Å². The third-order valence-electron chi connectivity index (χ3n) is 3.80. The zero-order valence-electron chi connectivity index (χ0n) is 15.1. The van der Waals surface area contributed by atoms with Gasteiger partial charge in [0.05, 0.1) is 18.5 Å². The van der Waals surface area contributed by atoms with E-state index in [1.807, 2.05) is 26.8 Å². The van der Waals surface area contributed by atoms with Gasteiger partial charge in [0.25, 0.3) is 0 Å². The Balaban J connectivity index is 2.20. The van der Waals surface area contributed by atoms with E-state index in [9.17, 15) is 14.4 Å². The summed E-state index contributed by atoms with van der Waals surface area (Å²) in [5, 5.41) is 3.68. The van der Waals surface area contributed by atoms with Gasteiger partial charge in [-0.15, -0.1) is 0 Å². The number of hydrogen-bond donors (Lipinski definition) is 2. The van der Waals surface area contributed by atoms with E-state index in [-0.39, 0.29) is 29.7 Å². The van der Waals surface area contributed by atoms with Gasteiger partial charge in [-0.2, -0.15) is 0 Å². The van der Waals surface area contributed by atoms with Crippen LogP contribution >= 0.6 is 0 Å². The van der Waals surface area contributed by atoms with Crippen molar-refractivity contribution in [2.75, 3.05) is 11.9 Å². The van der Waals surface area contributed by atoms with E-state index < -0.39 is 5.97 Å². The summed E-state index contributed by atoms with van der Waals surface area (Å²) in [4.78, 5) is 38.0. The van der Waals surface area contributed by atoms with E-state index in [2.05, 4.69) is 10.3 Å². The van der Waals surface area contributed by atoms with Crippen molar-refractivity contribution in [3.05, 3.63) is 40.2 Å². The topological polar surface area (TPSA) is 88.3 Å². The highest BCUT2D eigenvalue weighted by atomic mass is 16.5. The lowest BCUT2D eigenvalue weighted by Gasteiger charge is -2.21. The number of ether oxygens (including phenoxy) is 1. The molecule has 2 rings (SSSR count). The summed E-state index contributed by atoms with van der Waals surface area (Å²) >= 11 is 0. The Morgan fingerprint density at radius 2 is 1.88 bits per heavy atom. The Morgan fingerprint density at radius 3 is 2.52 bits per heavy atom. The molecule has 0 atom stereocenters. The molecule has 0 radical (unpaired) electrons. The monoisotopic (exact) mass is 344 g/mol. The maximum atomic E-state index is 12.0. The third kappa shape index (κ3) is 4.92. The van der Waals surface area contributed by atoms with Crippen molar-refractivity contribution < 1.29 is 14.3 Å². The van der Waals surface area contributed by atoms with Crippen molar-refractivity contribution in [2.45, 2.75) is 46.0 Å². The van der Waals surface area contributed by atoms with Crippen LogP contribution in [0.1, 0.15) is 46.1 Å². The fraction of sp³-hybridized carbons (Fsp3) is 0.421. The second kappa shape index (κ2) is 7.51. The Kier molecular flexibility index (Phi) is 5.62. The number of fused-ring (bicyclic) bond motifs is 1. The molecule has 0 saturated heterocycles. The first-order chi connectivity index (χ1) is 11.7. The first kappa shape index (κ1) is 18.7. The van der Waals surface area contributed by atoms with E-state index >= 15 is 0 Å². The van der Waals surface area contributed by atoms with E-state index in [0.717, 1.165) is 10.9 Å². The minimum atomic E-state index is -0.393. The number of anilines is 1. The molecule has 0 bridgehead atoms. The molecular weight excluding hydrogens is 320 g/mol. The number of aromatic nitrogens is 1. The predicted molar refractivity (Wildman–Crippen MR) is 97.8 cm³/mol. The molecule has 1 heterocycles. The lowest BCUT2D eigenvalue weighted by molar-refractivity contribution is -0.144. The van der Waals surface area contributed by atoms with Crippen molar-refractivity contribution in [3.63, 3.8) is 0 Å². The number of nitrogens with one attached hydrogen (secondary N) is 2. The Bertz CT molecular complexity index is 847. The Hall–Kier alpha value is -2.63. The largest absolute Gasteiger partial charge is 0.466 e. The molecule has 25 heavy (non-hydrogen) atoms. The van der Waals surface area contributed by atoms with E-state index in [1.54, 1.807) is 25.1 Å². The number of H-pyrrole nitrogens is 1. The number of rotatable bonds is 5. The van der Waals surface area contributed by atoms with Gasteiger partial charge < -0.3 is 15.0 Å². The molecule has 1 amide bonds. The van der Waals surface area contributed by atoms with Crippen LogP contribution in [-0.4, -0.2) is 23.5 Å². The Labute approximate surface area is 146 Å². The number of carbonyl (C=O) groups excluding carboxylic acids is 2. The molecule has 0 spiro atoms. The summed E-state index contributed by atoms with van der Waals surface area (Å²) in [6.07, 6.45) is 0.0910. The molecule has 0 aliphatic carbocycles. The van der Waals surface area contributed by atoms with E-state index in [1.165, 1.54) is 0 Å². The highest BCUT2D eigenvalue weighted by molar-refractivity contribution is 5.95. The molecular formula is C19H24N2O4. The summed E-state index contributed by atoms with van der Waals surface area (Å²) in [6, 6.07) is 7.01. The van der Waals surface area contributed by atoms with Crippen molar-refractivity contribution in [1.82, 2.24) is 4.98 Å². The third-order valence-corrected chi connectivity index (χ3v) is 3.80. The molecule has 2 aromatic rings. The molecule has 1 aromatic heterocycles. The number of benzene rings is 1. The number of amides is 1. The van der Waals surface area contributed by atoms with Crippen molar-refractivity contribution in [2.24, 2.45) is 0 Å². The van der Waals surface area contributed by atoms with Crippen LogP contribution in [0.2, 0.25) is 0 Å². The summed E-state index contributed by atoms with van der Waals surface area (Å²) in [7, 11) is 0. The first-order valence-electron chi connectivity index (χ1n) is 8.33. The summed E-state index contributed by atoms with van der Waals surface area (Å²) in [5.74, 6) is -0.669. The van der Waals surface area contributed by atoms with Crippen LogP contribution < -0.4 is 10.9 Å². The maximum absolute atomic E-state index is 12.0. The standard InChI is InChI=1S/C19H24N2O4/c1-5-25-18(24)9-8-16(22)20-12-6-7-13-14(19(2,3)4)11-17(23)21-15(13)10-12/h6-7,10-11H,5,8-9H2,1-4H3,(H,20,22)(H,21,23). The molecule has 2 N–H and O–H groups in total. The van der Waals surface area contributed by atoms with Gasteiger partial charge in [0.15, 0.2) is 0 Å². The van der Waals surface area contributed by atoms with Crippen molar-refractivity contribution in [3.8, 4) is 0 Å². The van der Waals surface area contributed by atoms with E-state index in [4.69, 9.17) is 4.74 Å².